The van der Waals surface area contributed by atoms with Crippen molar-refractivity contribution < 1.29 is 0 Å². The number of nitrogens with one attached hydrogen (secondary N) is 1. The van der Waals surface area contributed by atoms with E-state index in [1.807, 2.05) is 0 Å². The maximum atomic E-state index is 3.67. The highest BCUT2D eigenvalue weighted by Gasteiger charge is 2.28. The van der Waals surface area contributed by atoms with Crippen LogP contribution in [0, 0.1) is 11.8 Å². The van der Waals surface area contributed by atoms with E-state index in [-0.39, 0.29) is 0 Å². The van der Waals surface area contributed by atoms with Crippen LogP contribution in [0.3, 0.4) is 0 Å². The van der Waals surface area contributed by atoms with Gasteiger partial charge in [-0.15, -0.1) is 0 Å². The third-order valence-corrected chi connectivity index (χ3v) is 4.89. The summed E-state index contributed by atoms with van der Waals surface area (Å²) in [6, 6.07) is 0.824. The second-order valence-electron chi connectivity index (χ2n) is 6.01. The Hall–Kier alpha value is -0.0800. The molecule has 100 valence electrons. The lowest BCUT2D eigenvalue weighted by molar-refractivity contribution is 0.274. The van der Waals surface area contributed by atoms with E-state index in [1.54, 1.807) is 0 Å². The first-order valence-electron chi connectivity index (χ1n) is 7.79. The fraction of sp³-hybridized carbons (Fsp3) is 1.00. The van der Waals surface area contributed by atoms with Crippen LogP contribution in [0.1, 0.15) is 52.4 Å². The summed E-state index contributed by atoms with van der Waals surface area (Å²) in [5.74, 6) is 1.94. The summed E-state index contributed by atoms with van der Waals surface area (Å²) in [6.07, 6.45) is 8.56. The monoisotopic (exact) mass is 238 g/mol. The van der Waals surface area contributed by atoms with Gasteiger partial charge < -0.3 is 10.2 Å². The molecule has 2 nitrogen and oxygen atoms in total. The summed E-state index contributed by atoms with van der Waals surface area (Å²) in [4.78, 5) is 2.70. The van der Waals surface area contributed by atoms with Crippen LogP contribution < -0.4 is 5.32 Å². The molecule has 1 N–H and O–H groups in total. The fourth-order valence-corrected chi connectivity index (χ4v) is 3.71. The standard InChI is InChI=1S/C15H30N2/c1-3-13-8-10-17(12-13)11-9-14-6-5-7-15(14)16-4-2/h13-16H,3-12H2,1-2H3. The van der Waals surface area contributed by atoms with Gasteiger partial charge in [0, 0.05) is 12.6 Å². The van der Waals surface area contributed by atoms with E-state index >= 15 is 0 Å². The zero-order valence-electron chi connectivity index (χ0n) is 11.8. The molecule has 1 saturated heterocycles. The zero-order valence-corrected chi connectivity index (χ0v) is 11.8. The van der Waals surface area contributed by atoms with E-state index < -0.39 is 0 Å². The predicted octanol–water partition coefficient (Wildman–Crippen LogP) is 2.89. The van der Waals surface area contributed by atoms with Crippen molar-refractivity contribution in [3.8, 4) is 0 Å². The van der Waals surface area contributed by atoms with E-state index in [4.69, 9.17) is 0 Å². The second-order valence-corrected chi connectivity index (χ2v) is 6.01. The average molecular weight is 238 g/mol. The summed E-state index contributed by atoms with van der Waals surface area (Å²) < 4.78 is 0. The molecule has 0 bridgehead atoms. The molecule has 2 heteroatoms. The average Bonchev–Trinajstić information content (AvgIpc) is 2.95. The Kier molecular flexibility index (Phi) is 5.30. The van der Waals surface area contributed by atoms with Crippen LogP contribution in [0.2, 0.25) is 0 Å². The molecule has 3 unspecified atom stereocenters. The topological polar surface area (TPSA) is 15.3 Å². The summed E-state index contributed by atoms with van der Waals surface area (Å²) in [7, 11) is 0. The van der Waals surface area contributed by atoms with Crippen molar-refractivity contribution in [1.82, 2.24) is 10.2 Å². The van der Waals surface area contributed by atoms with Crippen molar-refractivity contribution in [2.45, 2.75) is 58.4 Å². The molecule has 0 amide bonds. The third kappa shape index (κ3) is 3.69. The molecular formula is C15H30N2. The van der Waals surface area contributed by atoms with Crippen LogP contribution in [0.15, 0.2) is 0 Å². The predicted molar refractivity (Wildman–Crippen MR) is 74.3 cm³/mol. The minimum atomic E-state index is 0.824. The van der Waals surface area contributed by atoms with E-state index in [2.05, 4.69) is 24.1 Å². The van der Waals surface area contributed by atoms with E-state index in [1.165, 1.54) is 58.2 Å². The number of hydrogen-bond donors (Lipinski definition) is 1. The van der Waals surface area contributed by atoms with E-state index in [9.17, 15) is 0 Å². The van der Waals surface area contributed by atoms with Gasteiger partial charge in [-0.3, -0.25) is 0 Å². The molecule has 1 heterocycles. The van der Waals surface area contributed by atoms with Gasteiger partial charge in [0.25, 0.3) is 0 Å². The first-order valence-corrected chi connectivity index (χ1v) is 7.79. The summed E-state index contributed by atoms with van der Waals surface area (Å²) in [5, 5.41) is 3.67. The third-order valence-electron chi connectivity index (χ3n) is 4.89. The quantitative estimate of drug-likeness (QED) is 0.765. The Bertz CT molecular complexity index is 217. The molecule has 0 aromatic heterocycles. The van der Waals surface area contributed by atoms with Gasteiger partial charge in [0.05, 0.1) is 0 Å². The maximum Gasteiger partial charge on any atom is 0.00956 e. The van der Waals surface area contributed by atoms with Crippen LogP contribution in [0.4, 0.5) is 0 Å². The Morgan fingerprint density at radius 3 is 2.76 bits per heavy atom. The van der Waals surface area contributed by atoms with Crippen LogP contribution in [-0.2, 0) is 0 Å². The Morgan fingerprint density at radius 2 is 2.06 bits per heavy atom. The minimum absolute atomic E-state index is 0.824. The zero-order chi connectivity index (χ0) is 12.1. The highest BCUT2D eigenvalue weighted by molar-refractivity contribution is 4.84. The van der Waals surface area contributed by atoms with Gasteiger partial charge >= 0.3 is 0 Å². The lowest BCUT2D eigenvalue weighted by Gasteiger charge is -2.23. The number of nitrogens with zero attached hydrogens (tertiary/aromatic N) is 1. The van der Waals surface area contributed by atoms with Gasteiger partial charge in [-0.25, -0.2) is 0 Å². The summed E-state index contributed by atoms with van der Waals surface area (Å²) >= 11 is 0. The fourth-order valence-electron chi connectivity index (χ4n) is 3.71. The highest BCUT2D eigenvalue weighted by Crippen LogP contribution is 2.29. The van der Waals surface area contributed by atoms with Crippen molar-refractivity contribution >= 4 is 0 Å². The molecule has 2 aliphatic rings. The van der Waals surface area contributed by atoms with Crippen molar-refractivity contribution in [3.63, 3.8) is 0 Å². The SMILES string of the molecule is CCNC1CCCC1CCN1CCC(CC)C1. The Labute approximate surface area is 107 Å². The highest BCUT2D eigenvalue weighted by atomic mass is 15.1. The van der Waals surface area contributed by atoms with E-state index in [0.717, 1.165) is 24.4 Å². The van der Waals surface area contributed by atoms with Crippen LogP contribution in [-0.4, -0.2) is 37.1 Å². The number of rotatable bonds is 6. The molecule has 1 saturated carbocycles. The lowest BCUT2D eigenvalue weighted by Crippen LogP contribution is -2.34. The molecule has 3 atom stereocenters. The van der Waals surface area contributed by atoms with Gasteiger partial charge in [0.2, 0.25) is 0 Å². The minimum Gasteiger partial charge on any atom is -0.314 e. The smallest absolute Gasteiger partial charge is 0.00956 e. The molecule has 0 radical (unpaired) electrons. The second kappa shape index (κ2) is 6.75. The number of likely N-dealkylation sites (tertiary alicyclic amines) is 1. The van der Waals surface area contributed by atoms with Gasteiger partial charge in [0.15, 0.2) is 0 Å². The van der Waals surface area contributed by atoms with Crippen molar-refractivity contribution in [2.24, 2.45) is 11.8 Å². The van der Waals surface area contributed by atoms with Crippen molar-refractivity contribution in [2.75, 3.05) is 26.2 Å². The molecule has 2 rings (SSSR count). The summed E-state index contributed by atoms with van der Waals surface area (Å²) in [6.45, 7) is 9.80. The Morgan fingerprint density at radius 1 is 1.18 bits per heavy atom. The molecule has 1 aliphatic heterocycles. The molecular weight excluding hydrogens is 208 g/mol. The molecule has 0 aromatic carbocycles. The van der Waals surface area contributed by atoms with Crippen LogP contribution in [0.5, 0.6) is 0 Å². The molecule has 0 aromatic rings. The molecule has 1 aliphatic carbocycles. The Balaban J connectivity index is 1.67. The van der Waals surface area contributed by atoms with Gasteiger partial charge in [-0.2, -0.15) is 0 Å². The number of hydrogen-bond acceptors (Lipinski definition) is 2. The summed E-state index contributed by atoms with van der Waals surface area (Å²) in [5.41, 5.74) is 0. The molecule has 2 fully saturated rings. The van der Waals surface area contributed by atoms with Gasteiger partial charge in [-0.1, -0.05) is 26.7 Å². The van der Waals surface area contributed by atoms with Crippen molar-refractivity contribution in [3.05, 3.63) is 0 Å². The largest absolute Gasteiger partial charge is 0.314 e. The normalized spacial score (nSPS) is 34.6. The molecule has 0 spiro atoms. The van der Waals surface area contributed by atoms with Gasteiger partial charge in [-0.05, 0) is 57.2 Å². The van der Waals surface area contributed by atoms with Crippen LogP contribution in [0.25, 0.3) is 0 Å². The maximum absolute atomic E-state index is 3.67. The van der Waals surface area contributed by atoms with Crippen LogP contribution >= 0.6 is 0 Å². The first-order chi connectivity index (χ1) is 8.33. The molecule has 17 heavy (non-hydrogen) atoms. The van der Waals surface area contributed by atoms with Gasteiger partial charge in [0.1, 0.15) is 0 Å². The lowest BCUT2D eigenvalue weighted by atomic mass is 9.99. The first kappa shape index (κ1) is 13.4. The van der Waals surface area contributed by atoms with Crippen molar-refractivity contribution in [1.29, 1.82) is 0 Å². The van der Waals surface area contributed by atoms with E-state index in [0.29, 0.717) is 0 Å².